The molecule has 0 amide bonds. The maximum absolute atomic E-state index is 9.52. The van der Waals surface area contributed by atoms with E-state index in [1.165, 1.54) is 5.56 Å². The van der Waals surface area contributed by atoms with Crippen molar-refractivity contribution in [3.05, 3.63) is 47.4 Å². The third-order valence-electron chi connectivity index (χ3n) is 5.32. The van der Waals surface area contributed by atoms with Crippen molar-refractivity contribution >= 4 is 0 Å². The van der Waals surface area contributed by atoms with Crippen LogP contribution in [0.4, 0.5) is 0 Å². The van der Waals surface area contributed by atoms with E-state index in [0.29, 0.717) is 19.3 Å². The van der Waals surface area contributed by atoms with Crippen LogP contribution in [0, 0.1) is 6.92 Å². The summed E-state index contributed by atoms with van der Waals surface area (Å²) in [7, 11) is 0. The number of ether oxygens (including phenoxy) is 2. The Morgan fingerprint density at radius 3 is 2.67 bits per heavy atom. The van der Waals surface area contributed by atoms with Crippen LogP contribution in [0.2, 0.25) is 0 Å². The van der Waals surface area contributed by atoms with Crippen LogP contribution >= 0.6 is 0 Å². The van der Waals surface area contributed by atoms with Crippen LogP contribution in [-0.4, -0.2) is 60.4 Å². The van der Waals surface area contributed by atoms with Gasteiger partial charge in [-0.25, -0.2) is 0 Å². The van der Waals surface area contributed by atoms with Gasteiger partial charge in [0, 0.05) is 38.8 Å². The summed E-state index contributed by atoms with van der Waals surface area (Å²) in [5, 5.41) is 9.52. The van der Waals surface area contributed by atoms with Crippen molar-refractivity contribution in [2.75, 3.05) is 39.5 Å². The molecule has 6 nitrogen and oxygen atoms in total. The molecule has 3 heterocycles. The molecule has 1 aromatic carbocycles. The lowest BCUT2D eigenvalue weighted by Crippen LogP contribution is -2.52. The van der Waals surface area contributed by atoms with Gasteiger partial charge >= 0.3 is 0 Å². The number of aliphatic hydroxyl groups is 1. The summed E-state index contributed by atoms with van der Waals surface area (Å²) in [6.07, 6.45) is 0.775. The van der Waals surface area contributed by atoms with E-state index in [1.54, 1.807) is 0 Å². The van der Waals surface area contributed by atoms with Crippen LogP contribution < -0.4 is 9.47 Å². The Balaban J connectivity index is 1.39. The van der Waals surface area contributed by atoms with Crippen LogP contribution in [0.1, 0.15) is 23.5 Å². The van der Waals surface area contributed by atoms with Crippen molar-refractivity contribution in [3.63, 3.8) is 0 Å². The molecule has 1 saturated heterocycles. The molecule has 1 fully saturated rings. The fourth-order valence-electron chi connectivity index (χ4n) is 3.95. The predicted octanol–water partition coefficient (Wildman–Crippen LogP) is 2.43. The first-order valence-corrected chi connectivity index (χ1v) is 9.72. The minimum atomic E-state index is 0.205. The first-order valence-electron chi connectivity index (χ1n) is 9.72. The van der Waals surface area contributed by atoms with Gasteiger partial charge in [0.15, 0.2) is 11.5 Å². The summed E-state index contributed by atoms with van der Waals surface area (Å²) in [6.45, 7) is 7.99. The maximum atomic E-state index is 9.52. The second-order valence-electron chi connectivity index (χ2n) is 7.36. The lowest BCUT2D eigenvalue weighted by Gasteiger charge is -2.41. The fourth-order valence-corrected chi connectivity index (χ4v) is 3.95. The lowest BCUT2D eigenvalue weighted by molar-refractivity contribution is 0.0453. The number of benzene rings is 1. The Morgan fingerprint density at radius 2 is 1.89 bits per heavy atom. The van der Waals surface area contributed by atoms with Crippen LogP contribution in [0.15, 0.2) is 34.7 Å². The van der Waals surface area contributed by atoms with E-state index in [9.17, 15) is 5.11 Å². The normalized spacial score (nSPS) is 20.7. The number of nitrogens with zero attached hydrogens (tertiary/aromatic N) is 2. The number of rotatable bonds is 6. The summed E-state index contributed by atoms with van der Waals surface area (Å²) in [6, 6.07) is 10.6. The molecule has 2 aromatic rings. The number of aryl methyl sites for hydroxylation is 1. The Kier molecular flexibility index (Phi) is 5.66. The molecule has 4 rings (SSSR count). The van der Waals surface area contributed by atoms with E-state index < -0.39 is 0 Å². The van der Waals surface area contributed by atoms with E-state index in [1.807, 2.05) is 25.1 Å². The van der Waals surface area contributed by atoms with Crippen molar-refractivity contribution in [1.29, 1.82) is 0 Å². The monoisotopic (exact) mass is 372 g/mol. The van der Waals surface area contributed by atoms with E-state index in [2.05, 4.69) is 21.9 Å². The summed E-state index contributed by atoms with van der Waals surface area (Å²) < 4.78 is 17.1. The summed E-state index contributed by atoms with van der Waals surface area (Å²) >= 11 is 0. The standard InChI is InChI=1S/C21H28N2O4/c1-16-2-4-19(27-16)15-23-8-7-22(14-18(23)6-9-24)13-17-3-5-20-21(12-17)26-11-10-25-20/h2-5,12,18,24H,6-11,13-15H2,1H3/t18-/m1/s1. The molecule has 2 aliphatic rings. The second-order valence-corrected chi connectivity index (χ2v) is 7.36. The number of furan rings is 1. The smallest absolute Gasteiger partial charge is 0.161 e. The Labute approximate surface area is 160 Å². The number of aliphatic hydroxyl groups excluding tert-OH is 1. The highest BCUT2D eigenvalue weighted by Gasteiger charge is 2.27. The van der Waals surface area contributed by atoms with Crippen LogP contribution in [-0.2, 0) is 13.1 Å². The van der Waals surface area contributed by atoms with Gasteiger partial charge in [0.05, 0.1) is 6.54 Å². The first kappa shape index (κ1) is 18.3. The number of hydrogen-bond donors (Lipinski definition) is 1. The molecular formula is C21H28N2O4. The van der Waals surface area contributed by atoms with Crippen molar-refractivity contribution in [1.82, 2.24) is 9.80 Å². The number of piperazine rings is 1. The molecule has 1 N–H and O–H groups in total. The zero-order valence-electron chi connectivity index (χ0n) is 15.9. The zero-order valence-corrected chi connectivity index (χ0v) is 15.9. The maximum Gasteiger partial charge on any atom is 0.161 e. The molecule has 0 aliphatic carbocycles. The molecule has 0 radical (unpaired) electrons. The van der Waals surface area contributed by atoms with E-state index >= 15 is 0 Å². The summed E-state index contributed by atoms with van der Waals surface area (Å²) in [5.74, 6) is 3.62. The predicted molar refractivity (Wildman–Crippen MR) is 102 cm³/mol. The quantitative estimate of drug-likeness (QED) is 0.841. The molecule has 0 saturated carbocycles. The SMILES string of the molecule is Cc1ccc(CN2CCN(Cc3ccc4c(c3)OCCO4)C[C@H]2CCO)o1. The highest BCUT2D eigenvalue weighted by Crippen LogP contribution is 2.31. The van der Waals surface area contributed by atoms with Gasteiger partial charge < -0.3 is 19.0 Å². The third kappa shape index (κ3) is 4.46. The second kappa shape index (κ2) is 8.33. The summed E-state index contributed by atoms with van der Waals surface area (Å²) in [5.41, 5.74) is 1.23. The molecule has 6 heteroatoms. The molecule has 0 unspecified atom stereocenters. The largest absolute Gasteiger partial charge is 0.486 e. The van der Waals surface area contributed by atoms with Gasteiger partial charge in [0.25, 0.3) is 0 Å². The topological polar surface area (TPSA) is 58.3 Å². The molecular weight excluding hydrogens is 344 g/mol. The molecule has 1 aromatic heterocycles. The minimum Gasteiger partial charge on any atom is -0.486 e. The van der Waals surface area contributed by atoms with E-state index in [4.69, 9.17) is 13.9 Å². The number of hydrogen-bond acceptors (Lipinski definition) is 6. The third-order valence-corrected chi connectivity index (χ3v) is 5.32. The molecule has 146 valence electrons. The molecule has 0 bridgehead atoms. The highest BCUT2D eigenvalue weighted by atomic mass is 16.6. The van der Waals surface area contributed by atoms with Gasteiger partial charge in [0.2, 0.25) is 0 Å². The first-order chi connectivity index (χ1) is 13.2. The van der Waals surface area contributed by atoms with Gasteiger partial charge in [-0.1, -0.05) is 6.07 Å². The average Bonchev–Trinajstić information content (AvgIpc) is 3.09. The van der Waals surface area contributed by atoms with Gasteiger partial charge in [-0.2, -0.15) is 0 Å². The molecule has 2 aliphatic heterocycles. The Morgan fingerprint density at radius 1 is 1.04 bits per heavy atom. The van der Waals surface area contributed by atoms with Crippen molar-refractivity contribution < 1.29 is 19.0 Å². The van der Waals surface area contributed by atoms with Gasteiger partial charge in [-0.15, -0.1) is 0 Å². The van der Waals surface area contributed by atoms with Crippen molar-refractivity contribution in [2.24, 2.45) is 0 Å². The molecule has 1 atom stereocenters. The van der Waals surface area contributed by atoms with Gasteiger partial charge in [-0.05, 0) is 43.2 Å². The Hall–Kier alpha value is -2.02. The van der Waals surface area contributed by atoms with Crippen molar-refractivity contribution in [2.45, 2.75) is 32.5 Å². The van der Waals surface area contributed by atoms with E-state index in [-0.39, 0.29) is 6.61 Å². The van der Waals surface area contributed by atoms with Crippen LogP contribution in [0.25, 0.3) is 0 Å². The average molecular weight is 372 g/mol. The van der Waals surface area contributed by atoms with Crippen molar-refractivity contribution in [3.8, 4) is 11.5 Å². The fraction of sp³-hybridized carbons (Fsp3) is 0.524. The van der Waals surface area contributed by atoms with E-state index in [0.717, 1.165) is 62.2 Å². The van der Waals surface area contributed by atoms with Gasteiger partial charge in [-0.3, -0.25) is 9.80 Å². The highest BCUT2D eigenvalue weighted by molar-refractivity contribution is 5.43. The minimum absolute atomic E-state index is 0.205. The van der Waals surface area contributed by atoms with Gasteiger partial charge in [0.1, 0.15) is 24.7 Å². The zero-order chi connectivity index (χ0) is 18.6. The van der Waals surface area contributed by atoms with Crippen LogP contribution in [0.3, 0.4) is 0 Å². The summed E-state index contributed by atoms with van der Waals surface area (Å²) in [4.78, 5) is 4.88. The number of fused-ring (bicyclic) bond motifs is 1. The molecule has 27 heavy (non-hydrogen) atoms. The lowest BCUT2D eigenvalue weighted by atomic mass is 10.1. The molecule has 0 spiro atoms. The Bertz CT molecular complexity index is 760. The van der Waals surface area contributed by atoms with Crippen LogP contribution in [0.5, 0.6) is 11.5 Å².